The second kappa shape index (κ2) is 4.52. The van der Waals surface area contributed by atoms with Gasteiger partial charge in [-0.1, -0.05) is 13.8 Å². The highest BCUT2D eigenvalue weighted by Gasteiger charge is 2.28. The van der Waals surface area contributed by atoms with Crippen molar-refractivity contribution >= 4 is 0 Å². The summed E-state index contributed by atoms with van der Waals surface area (Å²) in [5, 5.41) is 3.52. The van der Waals surface area contributed by atoms with Crippen LogP contribution in [0.15, 0.2) is 0 Å². The van der Waals surface area contributed by atoms with Crippen molar-refractivity contribution in [3.05, 3.63) is 0 Å². The Morgan fingerprint density at radius 1 is 1.42 bits per heavy atom. The van der Waals surface area contributed by atoms with E-state index in [-0.39, 0.29) is 0 Å². The highest BCUT2D eigenvalue weighted by atomic mass is 14.9. The van der Waals surface area contributed by atoms with Crippen LogP contribution in [0.2, 0.25) is 0 Å². The molecule has 12 heavy (non-hydrogen) atoms. The second-order valence-corrected chi connectivity index (χ2v) is 3.93. The van der Waals surface area contributed by atoms with Gasteiger partial charge < -0.3 is 5.32 Å². The minimum Gasteiger partial charge on any atom is -0.313 e. The smallest absolute Gasteiger partial charge is 0.0212 e. The van der Waals surface area contributed by atoms with Gasteiger partial charge in [-0.25, -0.2) is 0 Å². The van der Waals surface area contributed by atoms with Gasteiger partial charge in [0.15, 0.2) is 0 Å². The largest absolute Gasteiger partial charge is 0.313 e. The highest BCUT2D eigenvalue weighted by Crippen LogP contribution is 2.30. The highest BCUT2D eigenvalue weighted by molar-refractivity contribution is 4.88. The molecule has 68 valence electrons. The molecule has 0 bridgehead atoms. The number of nitrogens with one attached hydrogen (secondary N) is 1. The minimum atomic E-state index is 0.716. The quantitative estimate of drug-likeness (QED) is 0.498. The Hall–Kier alpha value is -0.480. The molecule has 1 rings (SSSR count). The summed E-state index contributed by atoms with van der Waals surface area (Å²) in [4.78, 5) is 0. The molecule has 0 aliphatic heterocycles. The third-order valence-corrected chi connectivity index (χ3v) is 3.14. The third-order valence-electron chi connectivity index (χ3n) is 3.14. The van der Waals surface area contributed by atoms with Crippen LogP contribution in [0.4, 0.5) is 0 Å². The van der Waals surface area contributed by atoms with Gasteiger partial charge in [0.2, 0.25) is 0 Å². The van der Waals surface area contributed by atoms with Crippen molar-refractivity contribution in [1.29, 1.82) is 0 Å². The van der Waals surface area contributed by atoms with Gasteiger partial charge in [-0.05, 0) is 24.7 Å². The number of rotatable bonds is 3. The fourth-order valence-electron chi connectivity index (χ4n) is 1.98. The summed E-state index contributed by atoms with van der Waals surface area (Å²) in [5.74, 6) is 4.36. The summed E-state index contributed by atoms with van der Waals surface area (Å²) < 4.78 is 0. The van der Waals surface area contributed by atoms with Crippen molar-refractivity contribution in [2.24, 2.45) is 11.8 Å². The van der Waals surface area contributed by atoms with Crippen LogP contribution >= 0.6 is 0 Å². The fourth-order valence-corrected chi connectivity index (χ4v) is 1.98. The summed E-state index contributed by atoms with van der Waals surface area (Å²) in [6.07, 6.45) is 8.74. The summed E-state index contributed by atoms with van der Waals surface area (Å²) in [6, 6.07) is 0.716. The van der Waals surface area contributed by atoms with Gasteiger partial charge in [0, 0.05) is 19.0 Å². The van der Waals surface area contributed by atoms with E-state index < -0.39 is 0 Å². The average Bonchev–Trinajstić information content (AvgIpc) is 2.36. The Bertz CT molecular complexity index is 168. The van der Waals surface area contributed by atoms with E-state index in [4.69, 9.17) is 6.42 Å². The van der Waals surface area contributed by atoms with Crippen LogP contribution in [0.1, 0.15) is 33.1 Å². The van der Waals surface area contributed by atoms with Gasteiger partial charge >= 0.3 is 0 Å². The average molecular weight is 165 g/mol. The fraction of sp³-hybridized carbons (Fsp3) is 0.818. The first-order valence-corrected chi connectivity index (χ1v) is 4.92. The van der Waals surface area contributed by atoms with Crippen LogP contribution in [0.25, 0.3) is 0 Å². The number of hydrogen-bond donors (Lipinski definition) is 1. The molecule has 1 heteroatoms. The molecule has 0 saturated heterocycles. The van der Waals surface area contributed by atoms with Gasteiger partial charge in [0.05, 0.1) is 0 Å². The van der Waals surface area contributed by atoms with Crippen LogP contribution in [-0.4, -0.2) is 12.6 Å². The lowest BCUT2D eigenvalue weighted by Crippen LogP contribution is -2.32. The standard InChI is InChI=1S/C11H19N/c1-4-5-8-12-11-7-6-9(2)10(11)3/h1,9-12H,5-8H2,2-3H3. The topological polar surface area (TPSA) is 12.0 Å². The predicted molar refractivity (Wildman–Crippen MR) is 52.8 cm³/mol. The van der Waals surface area contributed by atoms with Crippen LogP contribution in [0, 0.1) is 24.2 Å². The zero-order chi connectivity index (χ0) is 8.97. The van der Waals surface area contributed by atoms with Gasteiger partial charge in [-0.15, -0.1) is 12.3 Å². The van der Waals surface area contributed by atoms with Crippen LogP contribution in [-0.2, 0) is 0 Å². The molecule has 0 heterocycles. The lowest BCUT2D eigenvalue weighted by molar-refractivity contribution is 0.374. The molecule has 0 radical (unpaired) electrons. The molecule has 1 fully saturated rings. The molecule has 1 aliphatic carbocycles. The first-order valence-electron chi connectivity index (χ1n) is 4.92. The van der Waals surface area contributed by atoms with Crippen molar-refractivity contribution in [3.63, 3.8) is 0 Å². The van der Waals surface area contributed by atoms with E-state index in [1.165, 1.54) is 12.8 Å². The molecule has 0 aromatic carbocycles. The lowest BCUT2D eigenvalue weighted by Gasteiger charge is -2.18. The summed E-state index contributed by atoms with van der Waals surface area (Å²) in [7, 11) is 0. The molecule has 0 spiro atoms. The molecule has 1 aliphatic rings. The molecule has 0 amide bonds. The van der Waals surface area contributed by atoms with Crippen molar-refractivity contribution in [1.82, 2.24) is 5.32 Å². The summed E-state index contributed by atoms with van der Waals surface area (Å²) in [5.41, 5.74) is 0. The van der Waals surface area contributed by atoms with Crippen LogP contribution in [0.3, 0.4) is 0 Å². The monoisotopic (exact) mass is 165 g/mol. The first kappa shape index (κ1) is 9.61. The van der Waals surface area contributed by atoms with Gasteiger partial charge in [-0.2, -0.15) is 0 Å². The van der Waals surface area contributed by atoms with Crippen molar-refractivity contribution in [2.45, 2.75) is 39.2 Å². The normalized spacial score (nSPS) is 34.9. The molecule has 3 unspecified atom stereocenters. The Kier molecular flexibility index (Phi) is 3.62. The van der Waals surface area contributed by atoms with Crippen LogP contribution in [0.5, 0.6) is 0 Å². The molecule has 0 aromatic heterocycles. The lowest BCUT2D eigenvalue weighted by atomic mass is 9.98. The van der Waals surface area contributed by atoms with E-state index in [0.29, 0.717) is 6.04 Å². The Balaban J connectivity index is 2.21. The van der Waals surface area contributed by atoms with Gasteiger partial charge in [0.25, 0.3) is 0 Å². The maximum atomic E-state index is 5.19. The van der Waals surface area contributed by atoms with Gasteiger partial charge in [0.1, 0.15) is 0 Å². The minimum absolute atomic E-state index is 0.716. The summed E-state index contributed by atoms with van der Waals surface area (Å²) >= 11 is 0. The zero-order valence-electron chi connectivity index (χ0n) is 8.14. The summed E-state index contributed by atoms with van der Waals surface area (Å²) in [6.45, 7) is 5.66. The Labute approximate surface area is 75.9 Å². The molecular formula is C11H19N. The van der Waals surface area contributed by atoms with E-state index in [1.54, 1.807) is 0 Å². The maximum Gasteiger partial charge on any atom is 0.0212 e. The molecule has 1 nitrogen and oxygen atoms in total. The van der Waals surface area contributed by atoms with Crippen molar-refractivity contribution in [2.75, 3.05) is 6.54 Å². The molecule has 1 N–H and O–H groups in total. The molecule has 0 aromatic rings. The van der Waals surface area contributed by atoms with E-state index in [1.807, 2.05) is 0 Å². The van der Waals surface area contributed by atoms with Crippen molar-refractivity contribution in [3.8, 4) is 12.3 Å². The number of terminal acetylenes is 1. The Morgan fingerprint density at radius 3 is 2.67 bits per heavy atom. The molecule has 1 saturated carbocycles. The predicted octanol–water partition coefficient (Wildman–Crippen LogP) is 2.03. The third kappa shape index (κ3) is 2.25. The van der Waals surface area contributed by atoms with Gasteiger partial charge in [-0.3, -0.25) is 0 Å². The van der Waals surface area contributed by atoms with E-state index in [2.05, 4.69) is 25.1 Å². The van der Waals surface area contributed by atoms with Crippen molar-refractivity contribution < 1.29 is 0 Å². The molecule has 3 atom stereocenters. The van der Waals surface area contributed by atoms with E-state index in [0.717, 1.165) is 24.8 Å². The SMILES string of the molecule is C#CCCNC1CCC(C)C1C. The van der Waals surface area contributed by atoms with Crippen LogP contribution < -0.4 is 5.32 Å². The molecular weight excluding hydrogens is 146 g/mol. The Morgan fingerprint density at radius 2 is 2.17 bits per heavy atom. The maximum absolute atomic E-state index is 5.19. The number of hydrogen-bond acceptors (Lipinski definition) is 1. The second-order valence-electron chi connectivity index (χ2n) is 3.93. The van der Waals surface area contributed by atoms with E-state index >= 15 is 0 Å². The first-order chi connectivity index (χ1) is 5.75. The zero-order valence-corrected chi connectivity index (χ0v) is 8.14. The van der Waals surface area contributed by atoms with E-state index in [9.17, 15) is 0 Å².